The number of nitrogens with one attached hydrogen (secondary N) is 1. The summed E-state index contributed by atoms with van der Waals surface area (Å²) >= 11 is 0. The number of hydrogen-bond acceptors (Lipinski definition) is 3. The molecule has 25 heavy (non-hydrogen) atoms. The Bertz CT molecular complexity index is 796. The Morgan fingerprint density at radius 1 is 1.04 bits per heavy atom. The van der Waals surface area contributed by atoms with Crippen molar-refractivity contribution < 1.29 is 14.3 Å². The van der Waals surface area contributed by atoms with Crippen molar-refractivity contribution in [2.45, 2.75) is 25.7 Å². The molecular formula is C21H23NO3. The molecule has 0 fully saturated rings. The minimum absolute atomic E-state index is 0.131. The molecule has 1 amide bonds. The first-order valence-electron chi connectivity index (χ1n) is 8.53. The van der Waals surface area contributed by atoms with E-state index < -0.39 is 0 Å². The van der Waals surface area contributed by atoms with Crippen molar-refractivity contribution in [2.75, 3.05) is 19.5 Å². The lowest BCUT2D eigenvalue weighted by molar-refractivity contribution is -0.111. The summed E-state index contributed by atoms with van der Waals surface area (Å²) in [5.41, 5.74) is 4.44. The first-order chi connectivity index (χ1) is 12.2. The van der Waals surface area contributed by atoms with Crippen LogP contribution in [-0.2, 0) is 17.6 Å². The summed E-state index contributed by atoms with van der Waals surface area (Å²) in [7, 11) is 3.19. The fraction of sp³-hybridized carbons (Fsp3) is 0.286. The SMILES string of the molecule is COc1ccc(/C=C/C(=O)Nc2cccc3c2CCCC3)cc1OC. The first-order valence-corrected chi connectivity index (χ1v) is 8.53. The van der Waals surface area contributed by atoms with Crippen LogP contribution in [0.5, 0.6) is 11.5 Å². The maximum atomic E-state index is 12.3. The summed E-state index contributed by atoms with van der Waals surface area (Å²) in [5, 5.41) is 3.01. The van der Waals surface area contributed by atoms with Gasteiger partial charge in [0.25, 0.3) is 0 Å². The van der Waals surface area contributed by atoms with E-state index in [0.717, 1.165) is 24.1 Å². The number of ether oxygens (including phenoxy) is 2. The highest BCUT2D eigenvalue weighted by Gasteiger charge is 2.13. The number of carbonyl (C=O) groups is 1. The minimum atomic E-state index is -0.131. The molecule has 1 aliphatic carbocycles. The highest BCUT2D eigenvalue weighted by molar-refractivity contribution is 6.02. The lowest BCUT2D eigenvalue weighted by atomic mass is 9.90. The number of amides is 1. The van der Waals surface area contributed by atoms with Gasteiger partial charge in [-0.2, -0.15) is 0 Å². The largest absolute Gasteiger partial charge is 0.493 e. The zero-order valence-corrected chi connectivity index (χ0v) is 14.7. The molecule has 130 valence electrons. The monoisotopic (exact) mass is 337 g/mol. The summed E-state index contributed by atoms with van der Waals surface area (Å²) in [4.78, 5) is 12.3. The maximum Gasteiger partial charge on any atom is 0.248 e. The van der Waals surface area contributed by atoms with E-state index in [-0.39, 0.29) is 5.91 Å². The third-order valence-electron chi connectivity index (χ3n) is 4.49. The van der Waals surface area contributed by atoms with Crippen molar-refractivity contribution in [1.29, 1.82) is 0 Å². The second-order valence-electron chi connectivity index (χ2n) is 6.09. The molecule has 0 spiro atoms. The van der Waals surface area contributed by atoms with Gasteiger partial charge in [0.2, 0.25) is 5.91 Å². The lowest BCUT2D eigenvalue weighted by Crippen LogP contribution is -2.13. The summed E-state index contributed by atoms with van der Waals surface area (Å²) in [6.07, 6.45) is 7.85. The topological polar surface area (TPSA) is 47.6 Å². The maximum absolute atomic E-state index is 12.3. The van der Waals surface area contributed by atoms with Gasteiger partial charge in [-0.3, -0.25) is 4.79 Å². The number of rotatable bonds is 5. The molecule has 0 radical (unpaired) electrons. The Hall–Kier alpha value is -2.75. The van der Waals surface area contributed by atoms with Crippen LogP contribution in [0.25, 0.3) is 6.08 Å². The lowest BCUT2D eigenvalue weighted by Gasteiger charge is -2.19. The van der Waals surface area contributed by atoms with Gasteiger partial charge >= 0.3 is 0 Å². The van der Waals surface area contributed by atoms with Gasteiger partial charge in [0.15, 0.2) is 11.5 Å². The highest BCUT2D eigenvalue weighted by atomic mass is 16.5. The van der Waals surface area contributed by atoms with Crippen LogP contribution in [0.2, 0.25) is 0 Å². The fourth-order valence-electron chi connectivity index (χ4n) is 3.20. The van der Waals surface area contributed by atoms with Gasteiger partial charge in [-0.15, -0.1) is 0 Å². The van der Waals surface area contributed by atoms with E-state index in [1.165, 1.54) is 24.0 Å². The van der Waals surface area contributed by atoms with E-state index in [0.29, 0.717) is 11.5 Å². The second-order valence-corrected chi connectivity index (χ2v) is 6.09. The molecule has 0 saturated heterocycles. The Kier molecular flexibility index (Phi) is 5.39. The molecule has 0 aliphatic heterocycles. The third kappa shape index (κ3) is 4.02. The zero-order valence-electron chi connectivity index (χ0n) is 14.7. The Morgan fingerprint density at radius 2 is 1.84 bits per heavy atom. The van der Waals surface area contributed by atoms with Crippen LogP contribution in [0, 0.1) is 0 Å². The van der Waals surface area contributed by atoms with Crippen LogP contribution in [0.3, 0.4) is 0 Å². The third-order valence-corrected chi connectivity index (χ3v) is 4.49. The number of methoxy groups -OCH3 is 2. The van der Waals surface area contributed by atoms with Gasteiger partial charge < -0.3 is 14.8 Å². The van der Waals surface area contributed by atoms with Crippen LogP contribution in [0.4, 0.5) is 5.69 Å². The van der Waals surface area contributed by atoms with E-state index in [1.54, 1.807) is 26.4 Å². The molecule has 1 aliphatic rings. The predicted octanol–water partition coefficient (Wildman–Crippen LogP) is 4.23. The van der Waals surface area contributed by atoms with Gasteiger partial charge in [0, 0.05) is 11.8 Å². The van der Waals surface area contributed by atoms with E-state index >= 15 is 0 Å². The number of anilines is 1. The molecule has 0 atom stereocenters. The van der Waals surface area contributed by atoms with Crippen LogP contribution in [0.1, 0.15) is 29.5 Å². The van der Waals surface area contributed by atoms with E-state index in [9.17, 15) is 4.79 Å². The van der Waals surface area contributed by atoms with Gasteiger partial charge in [0.1, 0.15) is 0 Å². The van der Waals surface area contributed by atoms with E-state index in [2.05, 4.69) is 11.4 Å². The van der Waals surface area contributed by atoms with Gasteiger partial charge in [-0.25, -0.2) is 0 Å². The number of carbonyl (C=O) groups excluding carboxylic acids is 1. The van der Waals surface area contributed by atoms with Crippen molar-refractivity contribution in [3.63, 3.8) is 0 Å². The average Bonchev–Trinajstić information content (AvgIpc) is 2.66. The average molecular weight is 337 g/mol. The standard InChI is InChI=1S/C21H23NO3/c1-24-19-12-10-15(14-20(19)25-2)11-13-21(23)22-18-9-5-7-16-6-3-4-8-17(16)18/h5,7,9-14H,3-4,6,8H2,1-2H3,(H,22,23)/b13-11+. The fourth-order valence-corrected chi connectivity index (χ4v) is 3.20. The number of benzene rings is 2. The molecule has 4 heteroatoms. The van der Waals surface area contributed by atoms with Crippen molar-refractivity contribution in [2.24, 2.45) is 0 Å². The Morgan fingerprint density at radius 3 is 2.64 bits per heavy atom. The van der Waals surface area contributed by atoms with E-state index in [4.69, 9.17) is 9.47 Å². The zero-order chi connectivity index (χ0) is 17.6. The Balaban J connectivity index is 1.72. The van der Waals surface area contributed by atoms with Crippen LogP contribution in [-0.4, -0.2) is 20.1 Å². The molecule has 2 aromatic carbocycles. The molecule has 0 saturated carbocycles. The molecule has 2 aromatic rings. The highest BCUT2D eigenvalue weighted by Crippen LogP contribution is 2.29. The van der Waals surface area contributed by atoms with Crippen LogP contribution in [0.15, 0.2) is 42.5 Å². The van der Waals surface area contributed by atoms with Crippen molar-refractivity contribution in [3.8, 4) is 11.5 Å². The normalized spacial score (nSPS) is 13.4. The molecule has 4 nitrogen and oxygen atoms in total. The minimum Gasteiger partial charge on any atom is -0.493 e. The molecule has 3 rings (SSSR count). The number of aryl methyl sites for hydroxylation is 1. The summed E-state index contributed by atoms with van der Waals surface area (Å²) in [5.74, 6) is 1.18. The first kappa shape index (κ1) is 17.1. The van der Waals surface area contributed by atoms with Crippen LogP contribution >= 0.6 is 0 Å². The Labute approximate surface area is 148 Å². The van der Waals surface area contributed by atoms with E-state index in [1.807, 2.05) is 30.3 Å². The predicted molar refractivity (Wildman–Crippen MR) is 100 cm³/mol. The summed E-state index contributed by atoms with van der Waals surface area (Å²) < 4.78 is 10.5. The molecule has 0 unspecified atom stereocenters. The number of hydrogen-bond donors (Lipinski definition) is 1. The molecule has 0 bridgehead atoms. The second kappa shape index (κ2) is 7.88. The smallest absolute Gasteiger partial charge is 0.248 e. The molecular weight excluding hydrogens is 314 g/mol. The molecule has 0 heterocycles. The molecule has 0 aromatic heterocycles. The van der Waals surface area contributed by atoms with Crippen LogP contribution < -0.4 is 14.8 Å². The van der Waals surface area contributed by atoms with Gasteiger partial charge in [-0.05, 0) is 66.6 Å². The molecule has 1 N–H and O–H groups in total. The van der Waals surface area contributed by atoms with Crippen molar-refractivity contribution in [3.05, 3.63) is 59.2 Å². The van der Waals surface area contributed by atoms with Crippen molar-refractivity contribution in [1.82, 2.24) is 0 Å². The summed E-state index contributed by atoms with van der Waals surface area (Å²) in [6, 6.07) is 11.7. The summed E-state index contributed by atoms with van der Waals surface area (Å²) in [6.45, 7) is 0. The quantitative estimate of drug-likeness (QED) is 0.831. The van der Waals surface area contributed by atoms with Gasteiger partial charge in [-0.1, -0.05) is 18.2 Å². The number of fused-ring (bicyclic) bond motifs is 1. The van der Waals surface area contributed by atoms with Gasteiger partial charge in [0.05, 0.1) is 14.2 Å². The van der Waals surface area contributed by atoms with Crippen molar-refractivity contribution >= 4 is 17.7 Å².